The number of allylic oxidation sites excluding steroid dienone is 3. The van der Waals surface area contributed by atoms with Crippen molar-refractivity contribution in [2.24, 2.45) is 5.92 Å². The summed E-state index contributed by atoms with van der Waals surface area (Å²) < 4.78 is 0. The Labute approximate surface area is 184 Å². The standard InChI is InChI=1S/C27H29N3O/c1-4-30(5-2)22-13-11-20(12-14-22)26-23(17-28)18(3)29-24-15-21(16-25(31)27(24)26)19-9-7-6-8-10-19/h6-14,21,23,26,29H,3-5,15-16H2,1-2H3. The lowest BCUT2D eigenvalue weighted by Crippen LogP contribution is -2.38. The first-order chi connectivity index (χ1) is 15.1. The first kappa shape index (κ1) is 20.9. The minimum absolute atomic E-state index is 0.133. The zero-order valence-corrected chi connectivity index (χ0v) is 18.3. The molecule has 158 valence electrons. The molecule has 1 N–H and O–H groups in total. The Balaban J connectivity index is 1.73. The number of hydrogen-bond acceptors (Lipinski definition) is 4. The van der Waals surface area contributed by atoms with Crippen molar-refractivity contribution < 1.29 is 4.79 Å². The van der Waals surface area contributed by atoms with Gasteiger partial charge in [0.1, 0.15) is 0 Å². The van der Waals surface area contributed by atoms with E-state index in [1.165, 1.54) is 5.56 Å². The number of carbonyl (C=O) groups excluding carboxylic acids is 1. The molecule has 0 saturated heterocycles. The van der Waals surface area contributed by atoms with Gasteiger partial charge in [-0.1, -0.05) is 49.0 Å². The molecule has 1 aliphatic carbocycles. The molecule has 4 nitrogen and oxygen atoms in total. The number of hydrogen-bond donors (Lipinski definition) is 1. The molecule has 0 spiro atoms. The highest BCUT2D eigenvalue weighted by Gasteiger charge is 2.42. The van der Waals surface area contributed by atoms with Crippen LogP contribution in [0.25, 0.3) is 0 Å². The van der Waals surface area contributed by atoms with Gasteiger partial charge in [0.25, 0.3) is 0 Å². The van der Waals surface area contributed by atoms with E-state index in [1.807, 2.05) is 18.2 Å². The summed E-state index contributed by atoms with van der Waals surface area (Å²) >= 11 is 0. The predicted octanol–water partition coefficient (Wildman–Crippen LogP) is 5.27. The van der Waals surface area contributed by atoms with Gasteiger partial charge in [-0.2, -0.15) is 5.26 Å². The van der Waals surface area contributed by atoms with E-state index in [2.05, 4.69) is 73.1 Å². The number of rotatable bonds is 5. The van der Waals surface area contributed by atoms with Crippen LogP contribution in [0.5, 0.6) is 0 Å². The molecule has 2 aliphatic rings. The summed E-state index contributed by atoms with van der Waals surface area (Å²) in [7, 11) is 0. The molecule has 0 fully saturated rings. The fraction of sp³-hybridized carbons (Fsp3) is 0.333. The van der Waals surface area contributed by atoms with E-state index in [9.17, 15) is 10.1 Å². The molecule has 31 heavy (non-hydrogen) atoms. The van der Waals surface area contributed by atoms with E-state index in [-0.39, 0.29) is 17.6 Å². The van der Waals surface area contributed by atoms with Crippen LogP contribution in [0.1, 0.15) is 49.7 Å². The maximum Gasteiger partial charge on any atom is 0.161 e. The van der Waals surface area contributed by atoms with Crippen molar-refractivity contribution in [3.05, 3.63) is 89.3 Å². The molecule has 3 atom stereocenters. The van der Waals surface area contributed by atoms with Crippen molar-refractivity contribution in [1.29, 1.82) is 5.26 Å². The zero-order chi connectivity index (χ0) is 22.0. The van der Waals surface area contributed by atoms with Gasteiger partial charge in [-0.05, 0) is 49.4 Å². The van der Waals surface area contributed by atoms with Crippen molar-refractivity contribution in [2.75, 3.05) is 18.0 Å². The first-order valence-corrected chi connectivity index (χ1v) is 11.1. The van der Waals surface area contributed by atoms with Gasteiger partial charge in [0.05, 0.1) is 12.0 Å². The second-order valence-corrected chi connectivity index (χ2v) is 8.33. The summed E-state index contributed by atoms with van der Waals surface area (Å²) in [5.41, 5.74) is 5.71. The maximum absolute atomic E-state index is 13.4. The van der Waals surface area contributed by atoms with Crippen molar-refractivity contribution >= 4 is 11.5 Å². The molecule has 0 saturated carbocycles. The Bertz CT molecular complexity index is 1040. The van der Waals surface area contributed by atoms with Crippen LogP contribution in [0.4, 0.5) is 5.69 Å². The molecule has 1 heterocycles. The number of nitriles is 1. The average molecular weight is 412 g/mol. The van der Waals surface area contributed by atoms with Crippen molar-refractivity contribution in [2.45, 2.75) is 38.5 Å². The van der Waals surface area contributed by atoms with Crippen molar-refractivity contribution in [1.82, 2.24) is 5.32 Å². The average Bonchev–Trinajstić information content (AvgIpc) is 2.80. The molecular formula is C27H29N3O. The second kappa shape index (κ2) is 8.81. The Morgan fingerprint density at radius 3 is 2.32 bits per heavy atom. The summed E-state index contributed by atoms with van der Waals surface area (Å²) in [6.07, 6.45) is 1.24. The Hall–Kier alpha value is -3.32. The Morgan fingerprint density at radius 2 is 1.71 bits per heavy atom. The molecule has 4 heteroatoms. The van der Waals surface area contributed by atoms with E-state index in [4.69, 9.17) is 0 Å². The molecule has 4 rings (SSSR count). The smallest absolute Gasteiger partial charge is 0.161 e. The monoisotopic (exact) mass is 411 g/mol. The number of Topliss-reactive ketones (excluding diaryl/α,β-unsaturated/α-hetero) is 1. The largest absolute Gasteiger partial charge is 0.372 e. The highest BCUT2D eigenvalue weighted by Crippen LogP contribution is 2.46. The van der Waals surface area contributed by atoms with Crippen LogP contribution in [0, 0.1) is 17.2 Å². The third-order valence-corrected chi connectivity index (χ3v) is 6.63. The molecule has 0 amide bonds. The van der Waals surface area contributed by atoms with Crippen LogP contribution < -0.4 is 10.2 Å². The molecule has 0 bridgehead atoms. The number of nitrogens with zero attached hydrogens (tertiary/aromatic N) is 2. The summed E-state index contributed by atoms with van der Waals surface area (Å²) in [5, 5.41) is 13.3. The highest BCUT2D eigenvalue weighted by atomic mass is 16.1. The summed E-state index contributed by atoms with van der Waals surface area (Å²) in [4.78, 5) is 15.7. The van der Waals surface area contributed by atoms with Crippen LogP contribution in [-0.2, 0) is 4.79 Å². The van der Waals surface area contributed by atoms with Crippen LogP contribution in [0.15, 0.2) is 78.1 Å². The molecular weight excluding hydrogens is 382 g/mol. The fourth-order valence-corrected chi connectivity index (χ4v) is 5.00. The Kier molecular flexibility index (Phi) is 5.95. The summed E-state index contributed by atoms with van der Waals surface area (Å²) in [6, 6.07) is 20.9. The molecule has 3 unspecified atom stereocenters. The van der Waals surface area contributed by atoms with Gasteiger partial charge in [0, 0.05) is 48.1 Å². The van der Waals surface area contributed by atoms with Crippen molar-refractivity contribution in [3.8, 4) is 6.07 Å². The zero-order valence-electron chi connectivity index (χ0n) is 18.3. The van der Waals surface area contributed by atoms with E-state index >= 15 is 0 Å². The summed E-state index contributed by atoms with van der Waals surface area (Å²) in [5.74, 6) is -0.454. The lowest BCUT2D eigenvalue weighted by molar-refractivity contribution is -0.116. The number of benzene rings is 2. The topological polar surface area (TPSA) is 56.1 Å². The number of nitrogens with one attached hydrogen (secondary N) is 1. The van der Waals surface area contributed by atoms with Gasteiger partial charge < -0.3 is 10.2 Å². The minimum atomic E-state index is -0.463. The van der Waals surface area contributed by atoms with Gasteiger partial charge >= 0.3 is 0 Å². The van der Waals surface area contributed by atoms with Gasteiger partial charge in [0.2, 0.25) is 0 Å². The van der Waals surface area contributed by atoms with Crippen LogP contribution in [-0.4, -0.2) is 18.9 Å². The van der Waals surface area contributed by atoms with Gasteiger partial charge in [-0.25, -0.2) is 0 Å². The van der Waals surface area contributed by atoms with Gasteiger partial charge in [0.15, 0.2) is 5.78 Å². The van der Waals surface area contributed by atoms with Gasteiger partial charge in [-0.15, -0.1) is 0 Å². The third-order valence-electron chi connectivity index (χ3n) is 6.63. The molecule has 2 aromatic carbocycles. The highest BCUT2D eigenvalue weighted by molar-refractivity contribution is 5.99. The minimum Gasteiger partial charge on any atom is -0.372 e. The first-order valence-electron chi connectivity index (χ1n) is 11.1. The van der Waals surface area contributed by atoms with E-state index in [0.717, 1.165) is 42.0 Å². The second-order valence-electron chi connectivity index (χ2n) is 8.33. The number of anilines is 1. The van der Waals surface area contributed by atoms with Crippen LogP contribution in [0.2, 0.25) is 0 Å². The lowest BCUT2D eigenvalue weighted by Gasteiger charge is -2.38. The fourth-order valence-electron chi connectivity index (χ4n) is 5.00. The maximum atomic E-state index is 13.4. The normalized spacial score (nSPS) is 23.1. The van der Waals surface area contributed by atoms with E-state index in [1.54, 1.807) is 0 Å². The van der Waals surface area contributed by atoms with E-state index in [0.29, 0.717) is 12.1 Å². The molecule has 0 aromatic heterocycles. The van der Waals surface area contributed by atoms with E-state index < -0.39 is 5.92 Å². The van der Waals surface area contributed by atoms with Crippen LogP contribution in [0.3, 0.4) is 0 Å². The number of carbonyl (C=O) groups is 1. The SMILES string of the molecule is C=C1NC2=C(C(=O)CC(c3ccccc3)C2)C(c2ccc(N(CC)CC)cc2)C1C#N. The molecule has 1 aliphatic heterocycles. The summed E-state index contributed by atoms with van der Waals surface area (Å²) in [6.45, 7) is 10.3. The predicted molar refractivity (Wildman–Crippen MR) is 125 cm³/mol. The van der Waals surface area contributed by atoms with Crippen molar-refractivity contribution in [3.63, 3.8) is 0 Å². The molecule has 0 radical (unpaired) electrons. The third kappa shape index (κ3) is 3.88. The Morgan fingerprint density at radius 1 is 1.03 bits per heavy atom. The quantitative estimate of drug-likeness (QED) is 0.728. The molecule has 2 aromatic rings. The lowest BCUT2D eigenvalue weighted by atomic mass is 9.69. The van der Waals surface area contributed by atoms with Gasteiger partial charge in [-0.3, -0.25) is 4.79 Å². The number of ketones is 1. The van der Waals surface area contributed by atoms with Crippen LogP contribution >= 0.6 is 0 Å².